The van der Waals surface area contributed by atoms with Gasteiger partial charge >= 0.3 is 0 Å². The van der Waals surface area contributed by atoms with E-state index in [1.165, 1.54) is 6.92 Å². The van der Waals surface area contributed by atoms with Crippen molar-refractivity contribution in [3.8, 4) is 5.75 Å². The van der Waals surface area contributed by atoms with Crippen LogP contribution in [-0.2, 0) is 4.79 Å². The standard InChI is InChI=1S/C25H27N5O3/c1-4-22(32)16-33-23-11-8-19(9-12-23)27-28-21-10-13-24(25(15-21)26-18(3)31)30-29-20-7-5-6-17(2)14-20/h5-15,22,32H,4,16H2,1-3H3,(H,26,31)/b28-27+,30-29+. The summed E-state index contributed by atoms with van der Waals surface area (Å²) in [6.07, 6.45) is 0.153. The molecule has 0 aliphatic heterocycles. The average molecular weight is 446 g/mol. The van der Waals surface area contributed by atoms with Gasteiger partial charge in [-0.05, 0) is 73.5 Å². The molecule has 8 nitrogen and oxygen atoms in total. The molecule has 1 amide bonds. The van der Waals surface area contributed by atoms with E-state index in [1.54, 1.807) is 42.5 Å². The van der Waals surface area contributed by atoms with Crippen LogP contribution in [0.2, 0.25) is 0 Å². The summed E-state index contributed by atoms with van der Waals surface area (Å²) < 4.78 is 5.52. The number of nitrogens with one attached hydrogen (secondary N) is 1. The van der Waals surface area contributed by atoms with Crippen LogP contribution in [0.1, 0.15) is 25.8 Å². The number of hydrogen-bond donors (Lipinski definition) is 2. The maximum Gasteiger partial charge on any atom is 0.221 e. The number of hydrogen-bond acceptors (Lipinski definition) is 7. The van der Waals surface area contributed by atoms with Gasteiger partial charge in [0.2, 0.25) is 5.91 Å². The number of nitrogens with zero attached hydrogens (tertiary/aromatic N) is 4. The van der Waals surface area contributed by atoms with Gasteiger partial charge in [-0.2, -0.15) is 15.3 Å². The lowest BCUT2D eigenvalue weighted by Gasteiger charge is -2.09. The van der Waals surface area contributed by atoms with Gasteiger partial charge in [-0.15, -0.1) is 5.11 Å². The van der Waals surface area contributed by atoms with Crippen LogP contribution in [0.4, 0.5) is 28.4 Å². The van der Waals surface area contributed by atoms with Crippen molar-refractivity contribution in [3.05, 3.63) is 72.3 Å². The lowest BCUT2D eigenvalue weighted by Crippen LogP contribution is -2.15. The predicted octanol–water partition coefficient (Wildman–Crippen LogP) is 6.93. The van der Waals surface area contributed by atoms with Crippen molar-refractivity contribution in [3.63, 3.8) is 0 Å². The van der Waals surface area contributed by atoms with E-state index >= 15 is 0 Å². The molecular formula is C25H27N5O3. The monoisotopic (exact) mass is 445 g/mol. The molecule has 1 unspecified atom stereocenters. The molecule has 8 heteroatoms. The minimum atomic E-state index is -0.485. The summed E-state index contributed by atoms with van der Waals surface area (Å²) in [5.41, 5.74) is 4.02. The van der Waals surface area contributed by atoms with Gasteiger partial charge in [-0.3, -0.25) is 4.79 Å². The highest BCUT2D eigenvalue weighted by Gasteiger charge is 2.06. The molecular weight excluding hydrogens is 418 g/mol. The third-order valence-electron chi connectivity index (χ3n) is 4.60. The van der Waals surface area contributed by atoms with Crippen LogP contribution in [0.3, 0.4) is 0 Å². The first kappa shape index (κ1) is 23.7. The van der Waals surface area contributed by atoms with Crippen LogP contribution in [0.15, 0.2) is 87.2 Å². The molecule has 0 aliphatic carbocycles. The summed E-state index contributed by atoms with van der Waals surface area (Å²) >= 11 is 0. The summed E-state index contributed by atoms with van der Waals surface area (Å²) in [6, 6.07) is 20.0. The van der Waals surface area contributed by atoms with E-state index in [2.05, 4.69) is 25.8 Å². The van der Waals surface area contributed by atoms with E-state index < -0.39 is 6.10 Å². The number of azo groups is 2. The molecule has 0 heterocycles. The van der Waals surface area contributed by atoms with Crippen molar-refractivity contribution >= 4 is 34.3 Å². The second-order valence-electron chi connectivity index (χ2n) is 7.49. The van der Waals surface area contributed by atoms with Crippen LogP contribution in [-0.4, -0.2) is 23.7 Å². The van der Waals surface area contributed by atoms with Gasteiger partial charge < -0.3 is 15.2 Å². The Morgan fingerprint density at radius 3 is 2.30 bits per heavy atom. The third kappa shape index (κ3) is 7.62. The van der Waals surface area contributed by atoms with Crippen LogP contribution in [0.25, 0.3) is 0 Å². The van der Waals surface area contributed by atoms with Crippen molar-refractivity contribution in [1.29, 1.82) is 0 Å². The minimum absolute atomic E-state index is 0.222. The Balaban J connectivity index is 1.74. The summed E-state index contributed by atoms with van der Waals surface area (Å²) in [5.74, 6) is 0.428. The Morgan fingerprint density at radius 1 is 0.939 bits per heavy atom. The fourth-order valence-electron chi connectivity index (χ4n) is 2.80. The third-order valence-corrected chi connectivity index (χ3v) is 4.60. The normalized spacial score (nSPS) is 12.2. The van der Waals surface area contributed by atoms with Gasteiger partial charge in [-0.1, -0.05) is 19.1 Å². The molecule has 0 spiro atoms. The van der Waals surface area contributed by atoms with E-state index in [1.807, 2.05) is 38.1 Å². The second-order valence-corrected chi connectivity index (χ2v) is 7.49. The molecule has 0 aromatic heterocycles. The molecule has 3 aromatic rings. The minimum Gasteiger partial charge on any atom is -0.491 e. The van der Waals surface area contributed by atoms with E-state index in [-0.39, 0.29) is 12.5 Å². The highest BCUT2D eigenvalue weighted by Crippen LogP contribution is 2.32. The quantitative estimate of drug-likeness (QED) is 0.348. The lowest BCUT2D eigenvalue weighted by atomic mass is 10.2. The van der Waals surface area contributed by atoms with E-state index in [4.69, 9.17) is 4.74 Å². The van der Waals surface area contributed by atoms with Crippen LogP contribution >= 0.6 is 0 Å². The first-order chi connectivity index (χ1) is 15.9. The van der Waals surface area contributed by atoms with Crippen LogP contribution in [0, 0.1) is 6.92 Å². The Hall–Kier alpha value is -3.91. The summed E-state index contributed by atoms with van der Waals surface area (Å²) in [5, 5.41) is 29.4. The van der Waals surface area contributed by atoms with Gasteiger partial charge in [-0.25, -0.2) is 0 Å². The molecule has 33 heavy (non-hydrogen) atoms. The van der Waals surface area contributed by atoms with Crippen molar-refractivity contribution in [2.24, 2.45) is 20.5 Å². The molecule has 0 saturated heterocycles. The summed E-state index contributed by atoms with van der Waals surface area (Å²) in [4.78, 5) is 11.7. The number of aliphatic hydroxyl groups is 1. The zero-order valence-corrected chi connectivity index (χ0v) is 18.9. The van der Waals surface area contributed by atoms with E-state index in [0.717, 1.165) is 11.3 Å². The molecule has 3 aromatic carbocycles. The van der Waals surface area contributed by atoms with Crippen molar-refractivity contribution in [1.82, 2.24) is 0 Å². The SMILES string of the molecule is CCC(O)COc1ccc(/N=N/c2ccc(/N=N/c3cccc(C)c3)c(NC(C)=O)c2)cc1. The Kier molecular flexibility index (Phi) is 8.37. The van der Waals surface area contributed by atoms with Gasteiger partial charge in [0.15, 0.2) is 0 Å². The molecule has 170 valence electrons. The predicted molar refractivity (Wildman–Crippen MR) is 129 cm³/mol. The first-order valence-electron chi connectivity index (χ1n) is 10.7. The number of anilines is 1. The fourth-order valence-corrected chi connectivity index (χ4v) is 2.80. The average Bonchev–Trinajstić information content (AvgIpc) is 2.81. The maximum absolute atomic E-state index is 11.7. The number of carbonyl (C=O) groups is 1. The molecule has 0 radical (unpaired) electrons. The lowest BCUT2D eigenvalue weighted by molar-refractivity contribution is -0.114. The molecule has 0 aliphatic rings. The summed E-state index contributed by atoms with van der Waals surface area (Å²) in [7, 11) is 0. The number of rotatable bonds is 9. The number of aliphatic hydroxyl groups excluding tert-OH is 1. The number of aryl methyl sites for hydroxylation is 1. The van der Waals surface area contributed by atoms with Crippen molar-refractivity contribution < 1.29 is 14.6 Å². The van der Waals surface area contributed by atoms with E-state index in [0.29, 0.717) is 34.9 Å². The number of amides is 1. The zero-order chi connectivity index (χ0) is 23.6. The highest BCUT2D eigenvalue weighted by molar-refractivity contribution is 5.92. The van der Waals surface area contributed by atoms with Crippen molar-refractivity contribution in [2.45, 2.75) is 33.3 Å². The van der Waals surface area contributed by atoms with Gasteiger partial charge in [0.1, 0.15) is 18.0 Å². The van der Waals surface area contributed by atoms with Gasteiger partial charge in [0.05, 0.1) is 28.9 Å². The van der Waals surface area contributed by atoms with Crippen LogP contribution in [0.5, 0.6) is 5.75 Å². The topological polar surface area (TPSA) is 108 Å². The number of benzene rings is 3. The molecule has 2 N–H and O–H groups in total. The molecule has 0 bridgehead atoms. The molecule has 0 saturated carbocycles. The molecule has 0 fully saturated rings. The fraction of sp³-hybridized carbons (Fsp3) is 0.240. The van der Waals surface area contributed by atoms with Crippen molar-refractivity contribution in [2.75, 3.05) is 11.9 Å². The Labute approximate surface area is 193 Å². The number of ether oxygens (including phenoxy) is 1. The first-order valence-corrected chi connectivity index (χ1v) is 10.7. The maximum atomic E-state index is 11.7. The molecule has 1 atom stereocenters. The van der Waals surface area contributed by atoms with E-state index in [9.17, 15) is 9.90 Å². The zero-order valence-electron chi connectivity index (χ0n) is 18.9. The largest absolute Gasteiger partial charge is 0.491 e. The van der Waals surface area contributed by atoms with Gasteiger partial charge in [0.25, 0.3) is 0 Å². The smallest absolute Gasteiger partial charge is 0.221 e. The number of carbonyl (C=O) groups excluding carboxylic acids is 1. The second kappa shape index (κ2) is 11.6. The van der Waals surface area contributed by atoms with Crippen LogP contribution < -0.4 is 10.1 Å². The Bertz CT molecular complexity index is 1140. The highest BCUT2D eigenvalue weighted by atomic mass is 16.5. The Morgan fingerprint density at radius 2 is 1.61 bits per heavy atom. The molecule has 3 rings (SSSR count). The van der Waals surface area contributed by atoms with Gasteiger partial charge in [0, 0.05) is 6.92 Å². The summed E-state index contributed by atoms with van der Waals surface area (Å²) in [6.45, 7) is 5.56.